The van der Waals surface area contributed by atoms with E-state index in [4.69, 9.17) is 4.74 Å². The molecular weight excluding hydrogens is 260 g/mol. The molecule has 6 nitrogen and oxygen atoms in total. The van der Waals surface area contributed by atoms with Gasteiger partial charge in [0, 0.05) is 23.4 Å². The summed E-state index contributed by atoms with van der Waals surface area (Å²) in [6, 6.07) is 7.87. The predicted octanol–water partition coefficient (Wildman–Crippen LogP) is 3.29. The molecular formula is C14H12N2O4. The lowest BCUT2D eigenvalue weighted by Crippen LogP contribution is -1.98. The van der Waals surface area contributed by atoms with E-state index in [0.717, 1.165) is 0 Å². The van der Waals surface area contributed by atoms with Crippen molar-refractivity contribution in [3.05, 3.63) is 57.8 Å². The molecule has 0 radical (unpaired) electrons. The molecule has 0 fully saturated rings. The van der Waals surface area contributed by atoms with Gasteiger partial charge in [0.25, 0.3) is 0 Å². The zero-order valence-electron chi connectivity index (χ0n) is 11.0. The van der Waals surface area contributed by atoms with E-state index in [1.807, 2.05) is 0 Å². The SMILES string of the molecule is CC(=O)c1ccc(Oc2cccc(C)c2[N+](=O)[O-])nc1. The predicted molar refractivity (Wildman–Crippen MR) is 72.1 cm³/mol. The number of Topliss-reactive ketones (excluding diaryl/α,β-unsaturated/α-hetero) is 1. The third-order valence-electron chi connectivity index (χ3n) is 2.74. The van der Waals surface area contributed by atoms with E-state index < -0.39 is 4.92 Å². The molecule has 0 unspecified atom stereocenters. The van der Waals surface area contributed by atoms with Gasteiger partial charge < -0.3 is 4.74 Å². The summed E-state index contributed by atoms with van der Waals surface area (Å²) in [6.45, 7) is 3.07. The normalized spacial score (nSPS) is 10.1. The summed E-state index contributed by atoms with van der Waals surface area (Å²) < 4.78 is 5.42. The lowest BCUT2D eigenvalue weighted by atomic mass is 10.2. The number of hydrogen-bond acceptors (Lipinski definition) is 5. The highest BCUT2D eigenvalue weighted by atomic mass is 16.6. The largest absolute Gasteiger partial charge is 0.432 e. The van der Waals surface area contributed by atoms with Gasteiger partial charge in [-0.05, 0) is 26.0 Å². The molecule has 2 aromatic rings. The van der Waals surface area contributed by atoms with E-state index in [1.54, 1.807) is 25.1 Å². The summed E-state index contributed by atoms with van der Waals surface area (Å²) in [4.78, 5) is 25.6. The second-order valence-corrected chi connectivity index (χ2v) is 4.22. The minimum atomic E-state index is -0.491. The quantitative estimate of drug-likeness (QED) is 0.484. The van der Waals surface area contributed by atoms with Crippen molar-refractivity contribution in [2.24, 2.45) is 0 Å². The van der Waals surface area contributed by atoms with Gasteiger partial charge in [0.05, 0.1) is 4.92 Å². The zero-order valence-corrected chi connectivity index (χ0v) is 11.0. The number of pyridine rings is 1. The number of hydrogen-bond donors (Lipinski definition) is 0. The first kappa shape index (κ1) is 13.7. The van der Waals surface area contributed by atoms with Crippen LogP contribution in [0.15, 0.2) is 36.5 Å². The van der Waals surface area contributed by atoms with Crippen LogP contribution in [0.2, 0.25) is 0 Å². The standard InChI is InChI=1S/C14H12N2O4/c1-9-4-3-5-12(14(9)16(18)19)20-13-7-6-11(8-15-13)10(2)17/h3-8H,1-2H3. The van der Waals surface area contributed by atoms with Gasteiger partial charge in [-0.1, -0.05) is 12.1 Å². The zero-order chi connectivity index (χ0) is 14.7. The number of rotatable bonds is 4. The summed E-state index contributed by atoms with van der Waals surface area (Å²) in [5.41, 5.74) is 0.869. The van der Waals surface area contributed by atoms with Crippen LogP contribution in [0, 0.1) is 17.0 Å². The van der Waals surface area contributed by atoms with Crippen molar-refractivity contribution in [3.63, 3.8) is 0 Å². The van der Waals surface area contributed by atoms with Gasteiger partial charge in [0.2, 0.25) is 11.6 Å². The lowest BCUT2D eigenvalue weighted by molar-refractivity contribution is -0.386. The minimum Gasteiger partial charge on any atom is -0.432 e. The number of ketones is 1. The van der Waals surface area contributed by atoms with Crippen LogP contribution in [0.25, 0.3) is 0 Å². The molecule has 102 valence electrons. The molecule has 1 aromatic heterocycles. The number of carbonyl (C=O) groups is 1. The van der Waals surface area contributed by atoms with E-state index in [-0.39, 0.29) is 23.1 Å². The van der Waals surface area contributed by atoms with Crippen LogP contribution in [-0.2, 0) is 0 Å². The van der Waals surface area contributed by atoms with Crippen LogP contribution in [0.4, 0.5) is 5.69 Å². The van der Waals surface area contributed by atoms with Gasteiger partial charge in [-0.25, -0.2) is 4.98 Å². The summed E-state index contributed by atoms with van der Waals surface area (Å²) in [5.74, 6) is 0.215. The Morgan fingerprint density at radius 3 is 2.60 bits per heavy atom. The molecule has 0 saturated carbocycles. The lowest BCUT2D eigenvalue weighted by Gasteiger charge is -2.07. The third-order valence-corrected chi connectivity index (χ3v) is 2.74. The molecule has 0 aliphatic heterocycles. The Labute approximate surface area is 115 Å². The molecule has 0 saturated heterocycles. The molecule has 2 rings (SSSR count). The number of nitro benzene ring substituents is 1. The fourth-order valence-electron chi connectivity index (χ4n) is 1.71. The van der Waals surface area contributed by atoms with Crippen LogP contribution in [0.1, 0.15) is 22.8 Å². The van der Waals surface area contributed by atoms with Gasteiger partial charge in [0.1, 0.15) is 0 Å². The number of nitrogens with zero attached hydrogens (tertiary/aromatic N) is 2. The Morgan fingerprint density at radius 2 is 2.05 bits per heavy atom. The molecule has 0 spiro atoms. The van der Waals surface area contributed by atoms with E-state index in [9.17, 15) is 14.9 Å². The number of nitro groups is 1. The van der Waals surface area contributed by atoms with E-state index in [0.29, 0.717) is 11.1 Å². The maximum atomic E-state index is 11.1. The van der Waals surface area contributed by atoms with Crippen molar-refractivity contribution in [1.29, 1.82) is 0 Å². The maximum absolute atomic E-state index is 11.1. The fraction of sp³-hybridized carbons (Fsp3) is 0.143. The Morgan fingerprint density at radius 1 is 1.30 bits per heavy atom. The van der Waals surface area contributed by atoms with E-state index in [1.165, 1.54) is 25.3 Å². The molecule has 0 N–H and O–H groups in total. The maximum Gasteiger partial charge on any atom is 0.314 e. The molecule has 0 aliphatic carbocycles. The molecule has 1 heterocycles. The van der Waals surface area contributed by atoms with Crippen LogP contribution in [0.5, 0.6) is 11.6 Å². The second kappa shape index (κ2) is 5.48. The molecule has 6 heteroatoms. The van der Waals surface area contributed by atoms with Crippen LogP contribution >= 0.6 is 0 Å². The van der Waals surface area contributed by atoms with Crippen molar-refractivity contribution in [1.82, 2.24) is 4.98 Å². The van der Waals surface area contributed by atoms with Gasteiger partial charge in [0.15, 0.2) is 5.78 Å². The summed E-state index contributed by atoms with van der Waals surface area (Å²) in [7, 11) is 0. The van der Waals surface area contributed by atoms with Gasteiger partial charge in [-0.3, -0.25) is 14.9 Å². The molecule has 1 aromatic carbocycles. The monoisotopic (exact) mass is 272 g/mol. The molecule has 0 aliphatic rings. The summed E-state index contributed by atoms with van der Waals surface area (Å²) >= 11 is 0. The minimum absolute atomic E-state index is 0.0926. The number of aryl methyl sites for hydroxylation is 1. The van der Waals surface area contributed by atoms with Gasteiger partial charge in [-0.2, -0.15) is 0 Å². The Kier molecular flexibility index (Phi) is 3.74. The number of benzene rings is 1. The average Bonchev–Trinajstić information content (AvgIpc) is 2.39. The number of ether oxygens (including phenoxy) is 1. The fourth-order valence-corrected chi connectivity index (χ4v) is 1.71. The topological polar surface area (TPSA) is 82.3 Å². The highest BCUT2D eigenvalue weighted by Gasteiger charge is 2.19. The van der Waals surface area contributed by atoms with Crippen molar-refractivity contribution in [3.8, 4) is 11.6 Å². The molecule has 0 bridgehead atoms. The first-order valence-electron chi connectivity index (χ1n) is 5.88. The van der Waals surface area contributed by atoms with E-state index in [2.05, 4.69) is 4.98 Å². The van der Waals surface area contributed by atoms with Crippen LogP contribution in [-0.4, -0.2) is 15.7 Å². The van der Waals surface area contributed by atoms with Crippen molar-refractivity contribution in [2.75, 3.05) is 0 Å². The summed E-state index contributed by atoms with van der Waals surface area (Å²) in [5, 5.41) is 11.0. The Bertz CT molecular complexity index is 665. The van der Waals surface area contributed by atoms with Crippen molar-refractivity contribution < 1.29 is 14.5 Å². The van der Waals surface area contributed by atoms with E-state index >= 15 is 0 Å². The Hall–Kier alpha value is -2.76. The van der Waals surface area contributed by atoms with Crippen LogP contribution in [0.3, 0.4) is 0 Å². The first-order valence-corrected chi connectivity index (χ1v) is 5.88. The summed E-state index contributed by atoms with van der Waals surface area (Å²) in [6.07, 6.45) is 1.37. The number of para-hydroxylation sites is 1. The molecule has 20 heavy (non-hydrogen) atoms. The second-order valence-electron chi connectivity index (χ2n) is 4.22. The van der Waals surface area contributed by atoms with Gasteiger partial charge in [-0.15, -0.1) is 0 Å². The Balaban J connectivity index is 2.33. The molecule has 0 amide bonds. The average molecular weight is 272 g/mol. The third kappa shape index (κ3) is 2.80. The smallest absolute Gasteiger partial charge is 0.314 e. The van der Waals surface area contributed by atoms with Crippen LogP contribution < -0.4 is 4.74 Å². The van der Waals surface area contributed by atoms with Gasteiger partial charge >= 0.3 is 5.69 Å². The van der Waals surface area contributed by atoms with Crippen molar-refractivity contribution in [2.45, 2.75) is 13.8 Å². The molecule has 0 atom stereocenters. The first-order chi connectivity index (χ1) is 9.49. The number of carbonyl (C=O) groups excluding carboxylic acids is 1. The van der Waals surface area contributed by atoms with Crippen molar-refractivity contribution >= 4 is 11.5 Å². The highest BCUT2D eigenvalue weighted by Crippen LogP contribution is 2.33. The highest BCUT2D eigenvalue weighted by molar-refractivity contribution is 5.93. The number of aromatic nitrogens is 1.